The summed E-state index contributed by atoms with van der Waals surface area (Å²) in [6.07, 6.45) is 3.48. The zero-order chi connectivity index (χ0) is 17.3. The van der Waals surface area contributed by atoms with Crippen LogP contribution in [0.4, 0.5) is 0 Å². The topological polar surface area (TPSA) is 54.1 Å². The van der Waals surface area contributed by atoms with Crippen LogP contribution in [0.25, 0.3) is 10.9 Å². The highest BCUT2D eigenvalue weighted by molar-refractivity contribution is 6.03. The van der Waals surface area contributed by atoms with E-state index in [0.717, 1.165) is 47.2 Å². The predicted octanol–water partition coefficient (Wildman–Crippen LogP) is 4.00. The Labute approximate surface area is 159 Å². The maximum Gasteiger partial charge on any atom is 0.170 e. The maximum atomic E-state index is 13.4. The van der Waals surface area contributed by atoms with Gasteiger partial charge in [-0.3, -0.25) is 4.79 Å². The number of hydrogen-bond donors (Lipinski definition) is 2. The summed E-state index contributed by atoms with van der Waals surface area (Å²) in [6, 6.07) is 16.0. The number of methoxy groups -OCH3 is 1. The fourth-order valence-corrected chi connectivity index (χ4v) is 3.84. The molecule has 5 heteroatoms. The Kier molecular flexibility index (Phi) is 5.35. The molecule has 1 fully saturated rings. The van der Waals surface area contributed by atoms with Gasteiger partial charge in [0, 0.05) is 29.2 Å². The lowest BCUT2D eigenvalue weighted by Gasteiger charge is -2.27. The standard InChI is InChI=1S/C21H22N2O2.ClH/c1-25-18-4-2-3-15(11-18)13-21(8-10-22-14-21)20(24)17-5-6-19-16(12-17)7-9-23-19;/h2-7,9,11-12,22-23H,8,10,13-14H2,1H3;1H. The van der Waals surface area contributed by atoms with Crippen LogP contribution >= 0.6 is 12.4 Å². The second-order valence-electron chi connectivity index (χ2n) is 6.84. The molecule has 3 aromatic rings. The Balaban J connectivity index is 0.00000196. The van der Waals surface area contributed by atoms with Crippen molar-refractivity contribution in [1.82, 2.24) is 10.3 Å². The number of H-pyrrole nitrogens is 1. The highest BCUT2D eigenvalue weighted by Gasteiger charge is 2.41. The number of rotatable bonds is 5. The van der Waals surface area contributed by atoms with E-state index in [2.05, 4.69) is 16.4 Å². The largest absolute Gasteiger partial charge is 0.497 e. The first kappa shape index (κ1) is 18.5. The minimum atomic E-state index is -0.393. The molecular weight excluding hydrogens is 348 g/mol. The van der Waals surface area contributed by atoms with Crippen molar-refractivity contribution in [2.24, 2.45) is 5.41 Å². The third kappa shape index (κ3) is 3.35. The highest BCUT2D eigenvalue weighted by atomic mass is 35.5. The number of aromatic amines is 1. The Hall–Kier alpha value is -2.30. The van der Waals surface area contributed by atoms with Gasteiger partial charge >= 0.3 is 0 Å². The van der Waals surface area contributed by atoms with Crippen molar-refractivity contribution in [3.63, 3.8) is 0 Å². The van der Waals surface area contributed by atoms with E-state index < -0.39 is 5.41 Å². The number of ketones is 1. The van der Waals surface area contributed by atoms with Gasteiger partial charge < -0.3 is 15.0 Å². The number of ether oxygens (including phenoxy) is 1. The molecule has 1 aliphatic rings. The van der Waals surface area contributed by atoms with Crippen LogP contribution in [0.1, 0.15) is 22.3 Å². The summed E-state index contributed by atoms with van der Waals surface area (Å²) in [5.74, 6) is 1.06. The minimum Gasteiger partial charge on any atom is -0.497 e. The van der Waals surface area contributed by atoms with Gasteiger partial charge in [0.25, 0.3) is 0 Å². The van der Waals surface area contributed by atoms with E-state index in [0.29, 0.717) is 6.54 Å². The van der Waals surface area contributed by atoms with Gasteiger partial charge in [-0.15, -0.1) is 12.4 Å². The molecule has 2 heterocycles. The fourth-order valence-electron chi connectivity index (χ4n) is 3.84. The van der Waals surface area contributed by atoms with Crippen LogP contribution in [0.3, 0.4) is 0 Å². The lowest BCUT2D eigenvalue weighted by Crippen LogP contribution is -2.36. The second kappa shape index (κ2) is 7.52. The number of fused-ring (bicyclic) bond motifs is 1. The smallest absolute Gasteiger partial charge is 0.170 e. The first-order valence-electron chi connectivity index (χ1n) is 8.66. The number of aromatic nitrogens is 1. The van der Waals surface area contributed by atoms with Gasteiger partial charge in [0.2, 0.25) is 0 Å². The molecule has 0 amide bonds. The SMILES string of the molecule is COc1cccc(CC2(C(=O)c3ccc4[nH]ccc4c3)CCNC2)c1.Cl. The molecule has 0 spiro atoms. The third-order valence-electron chi connectivity index (χ3n) is 5.22. The molecule has 4 nitrogen and oxygen atoms in total. The molecule has 26 heavy (non-hydrogen) atoms. The van der Waals surface area contributed by atoms with Crippen molar-refractivity contribution in [1.29, 1.82) is 0 Å². The summed E-state index contributed by atoms with van der Waals surface area (Å²) < 4.78 is 5.33. The van der Waals surface area contributed by atoms with E-state index >= 15 is 0 Å². The van der Waals surface area contributed by atoms with Crippen molar-refractivity contribution < 1.29 is 9.53 Å². The normalized spacial score (nSPS) is 19.3. The zero-order valence-corrected chi connectivity index (χ0v) is 15.6. The summed E-state index contributed by atoms with van der Waals surface area (Å²) >= 11 is 0. The zero-order valence-electron chi connectivity index (χ0n) is 14.7. The molecule has 2 aromatic carbocycles. The number of carbonyl (C=O) groups is 1. The van der Waals surface area contributed by atoms with Crippen molar-refractivity contribution in [2.45, 2.75) is 12.8 Å². The van der Waals surface area contributed by atoms with Gasteiger partial charge in [-0.1, -0.05) is 12.1 Å². The van der Waals surface area contributed by atoms with Crippen LogP contribution in [-0.4, -0.2) is 31.0 Å². The molecule has 1 saturated heterocycles. The molecule has 0 radical (unpaired) electrons. The van der Waals surface area contributed by atoms with Crippen molar-refractivity contribution in [2.75, 3.05) is 20.2 Å². The number of Topliss-reactive ketones (excluding diaryl/α,β-unsaturated/α-hetero) is 1. The number of hydrogen-bond acceptors (Lipinski definition) is 3. The van der Waals surface area contributed by atoms with E-state index in [1.54, 1.807) is 7.11 Å². The van der Waals surface area contributed by atoms with E-state index in [-0.39, 0.29) is 18.2 Å². The van der Waals surface area contributed by atoms with E-state index in [1.165, 1.54) is 0 Å². The van der Waals surface area contributed by atoms with Crippen LogP contribution in [-0.2, 0) is 6.42 Å². The van der Waals surface area contributed by atoms with Gasteiger partial charge in [0.1, 0.15) is 5.75 Å². The second-order valence-corrected chi connectivity index (χ2v) is 6.84. The number of halogens is 1. The summed E-state index contributed by atoms with van der Waals surface area (Å²) in [5, 5.41) is 4.46. The number of nitrogens with one attached hydrogen (secondary N) is 2. The predicted molar refractivity (Wildman–Crippen MR) is 106 cm³/mol. The van der Waals surface area contributed by atoms with Crippen LogP contribution in [0, 0.1) is 5.41 Å². The van der Waals surface area contributed by atoms with Gasteiger partial charge in [0.05, 0.1) is 12.5 Å². The average Bonchev–Trinajstić information content (AvgIpc) is 3.30. The average molecular weight is 371 g/mol. The molecule has 2 N–H and O–H groups in total. The van der Waals surface area contributed by atoms with E-state index in [4.69, 9.17) is 4.74 Å². The lowest BCUT2D eigenvalue weighted by atomic mass is 9.74. The van der Waals surface area contributed by atoms with Gasteiger partial charge in [-0.05, 0) is 61.3 Å². The molecule has 1 atom stereocenters. The fraction of sp³-hybridized carbons (Fsp3) is 0.286. The quantitative estimate of drug-likeness (QED) is 0.667. The van der Waals surface area contributed by atoms with E-state index in [9.17, 15) is 4.79 Å². The van der Waals surface area contributed by atoms with E-state index in [1.807, 2.05) is 48.7 Å². The molecular formula is C21H23ClN2O2. The van der Waals surface area contributed by atoms with Crippen molar-refractivity contribution in [3.05, 3.63) is 65.9 Å². The molecule has 136 valence electrons. The Morgan fingerprint density at radius 3 is 2.85 bits per heavy atom. The minimum absolute atomic E-state index is 0. The summed E-state index contributed by atoms with van der Waals surface area (Å²) in [6.45, 7) is 1.59. The molecule has 1 unspecified atom stereocenters. The maximum absolute atomic E-state index is 13.4. The van der Waals surface area contributed by atoms with Crippen LogP contribution in [0.2, 0.25) is 0 Å². The first-order valence-corrected chi connectivity index (χ1v) is 8.66. The summed E-state index contributed by atoms with van der Waals surface area (Å²) in [7, 11) is 1.67. The van der Waals surface area contributed by atoms with Crippen LogP contribution in [0.15, 0.2) is 54.7 Å². The Morgan fingerprint density at radius 2 is 2.08 bits per heavy atom. The van der Waals surface area contributed by atoms with Crippen molar-refractivity contribution in [3.8, 4) is 5.75 Å². The Morgan fingerprint density at radius 1 is 1.19 bits per heavy atom. The highest BCUT2D eigenvalue weighted by Crippen LogP contribution is 2.35. The van der Waals surface area contributed by atoms with Gasteiger partial charge in [-0.25, -0.2) is 0 Å². The van der Waals surface area contributed by atoms with Crippen LogP contribution < -0.4 is 10.1 Å². The number of carbonyl (C=O) groups excluding carboxylic acids is 1. The summed E-state index contributed by atoms with van der Waals surface area (Å²) in [4.78, 5) is 16.6. The molecule has 0 saturated carbocycles. The molecule has 1 aliphatic heterocycles. The molecule has 0 aliphatic carbocycles. The molecule has 0 bridgehead atoms. The lowest BCUT2D eigenvalue weighted by molar-refractivity contribution is 0.0816. The monoisotopic (exact) mass is 370 g/mol. The Bertz CT molecular complexity index is 913. The molecule has 1 aromatic heterocycles. The number of benzene rings is 2. The van der Waals surface area contributed by atoms with Crippen molar-refractivity contribution >= 4 is 29.1 Å². The van der Waals surface area contributed by atoms with Crippen LogP contribution in [0.5, 0.6) is 5.75 Å². The third-order valence-corrected chi connectivity index (χ3v) is 5.22. The first-order chi connectivity index (χ1) is 12.2. The summed E-state index contributed by atoms with van der Waals surface area (Å²) in [5.41, 5.74) is 2.59. The van der Waals surface area contributed by atoms with Gasteiger partial charge in [-0.2, -0.15) is 0 Å². The molecule has 4 rings (SSSR count). The van der Waals surface area contributed by atoms with Gasteiger partial charge in [0.15, 0.2) is 5.78 Å².